The second kappa shape index (κ2) is 13.0. The van der Waals surface area contributed by atoms with E-state index in [1.54, 1.807) is 23.1 Å². The van der Waals surface area contributed by atoms with E-state index >= 15 is 0 Å². The van der Waals surface area contributed by atoms with Crippen molar-refractivity contribution in [3.63, 3.8) is 0 Å². The number of likely N-dealkylation sites (tertiary alicyclic amines) is 1. The molecule has 1 N–H and O–H groups in total. The van der Waals surface area contributed by atoms with Crippen LogP contribution < -0.4 is 9.47 Å². The van der Waals surface area contributed by atoms with E-state index in [1.165, 1.54) is 12.7 Å². The fourth-order valence-electron chi connectivity index (χ4n) is 4.79. The minimum absolute atomic E-state index is 0.0561. The summed E-state index contributed by atoms with van der Waals surface area (Å²) in [5.41, 5.74) is 1.11. The smallest absolute Gasteiger partial charge is 0.410 e. The van der Waals surface area contributed by atoms with Gasteiger partial charge in [-0.15, -0.1) is 0 Å². The Morgan fingerprint density at radius 2 is 1.74 bits per heavy atom. The van der Waals surface area contributed by atoms with Gasteiger partial charge in [-0.05, 0) is 76.6 Å². The average molecular weight is 527 g/mol. The number of methoxy groups -OCH3 is 1. The van der Waals surface area contributed by atoms with Gasteiger partial charge in [0, 0.05) is 31.2 Å². The minimum Gasteiger partial charge on any atom is -0.493 e. The van der Waals surface area contributed by atoms with Crippen LogP contribution in [0.2, 0.25) is 0 Å². The number of amides is 2. The van der Waals surface area contributed by atoms with E-state index in [0.717, 1.165) is 6.42 Å². The van der Waals surface area contributed by atoms with E-state index < -0.39 is 5.60 Å². The highest BCUT2D eigenvalue weighted by molar-refractivity contribution is 5.95. The molecular formula is C30H42N2O6. The molecule has 38 heavy (non-hydrogen) atoms. The number of carbonyl (C=O) groups excluding carboxylic acids is 2. The quantitative estimate of drug-likeness (QED) is 0.485. The van der Waals surface area contributed by atoms with E-state index in [9.17, 15) is 9.59 Å². The lowest BCUT2D eigenvalue weighted by molar-refractivity contribution is 0.0282. The molecule has 8 heteroatoms. The zero-order valence-electron chi connectivity index (χ0n) is 23.5. The summed E-state index contributed by atoms with van der Waals surface area (Å²) in [6.45, 7) is 11.2. The topological polar surface area (TPSA) is 88.5 Å². The number of benzene rings is 2. The Bertz CT molecular complexity index is 1070. The fourth-order valence-corrected chi connectivity index (χ4v) is 4.79. The van der Waals surface area contributed by atoms with Crippen molar-refractivity contribution in [2.24, 2.45) is 11.8 Å². The molecule has 0 bridgehead atoms. The highest BCUT2D eigenvalue weighted by atomic mass is 16.6. The molecule has 0 aliphatic carbocycles. The van der Waals surface area contributed by atoms with Gasteiger partial charge >= 0.3 is 6.09 Å². The number of ether oxygens (including phenoxy) is 3. The van der Waals surface area contributed by atoms with E-state index in [0.29, 0.717) is 36.7 Å². The summed E-state index contributed by atoms with van der Waals surface area (Å²) < 4.78 is 16.6. The molecule has 208 valence electrons. The van der Waals surface area contributed by atoms with Gasteiger partial charge in [-0.25, -0.2) is 4.79 Å². The van der Waals surface area contributed by atoms with E-state index in [-0.39, 0.29) is 43.1 Å². The molecule has 0 radical (unpaired) electrons. The van der Waals surface area contributed by atoms with Crippen LogP contribution in [0.15, 0.2) is 48.5 Å². The molecule has 0 spiro atoms. The Balaban J connectivity index is 1.84. The molecule has 1 heterocycles. The van der Waals surface area contributed by atoms with E-state index in [1.807, 2.05) is 57.7 Å². The zero-order valence-corrected chi connectivity index (χ0v) is 23.5. The van der Waals surface area contributed by atoms with Crippen LogP contribution >= 0.6 is 0 Å². The number of carbonyl (C=O) groups is 2. The summed E-state index contributed by atoms with van der Waals surface area (Å²) in [6, 6.07) is 15.3. The van der Waals surface area contributed by atoms with Gasteiger partial charge in [0.25, 0.3) is 5.91 Å². The molecule has 3 rings (SSSR count). The molecular weight excluding hydrogens is 484 g/mol. The van der Waals surface area contributed by atoms with Crippen LogP contribution in [0.3, 0.4) is 0 Å². The molecule has 1 aliphatic heterocycles. The highest BCUT2D eigenvalue weighted by Gasteiger charge is 2.39. The molecule has 2 atom stereocenters. The number of hydrogen-bond acceptors (Lipinski definition) is 6. The van der Waals surface area contributed by atoms with Crippen molar-refractivity contribution in [1.82, 2.24) is 9.80 Å². The molecule has 2 amide bonds. The first-order valence-corrected chi connectivity index (χ1v) is 13.3. The Hall–Kier alpha value is -3.26. The van der Waals surface area contributed by atoms with Gasteiger partial charge in [0.1, 0.15) is 12.2 Å². The van der Waals surface area contributed by atoms with E-state index in [4.69, 9.17) is 19.3 Å². The maximum absolute atomic E-state index is 13.7. The van der Waals surface area contributed by atoms with Gasteiger partial charge in [-0.2, -0.15) is 0 Å². The van der Waals surface area contributed by atoms with Crippen molar-refractivity contribution in [2.75, 3.05) is 40.0 Å². The van der Waals surface area contributed by atoms with Gasteiger partial charge in [-0.3, -0.25) is 4.79 Å². The largest absolute Gasteiger partial charge is 0.493 e. The van der Waals surface area contributed by atoms with Crippen molar-refractivity contribution in [2.45, 2.75) is 52.7 Å². The molecule has 2 aromatic carbocycles. The Labute approximate surface area is 226 Å². The number of nitrogens with zero attached hydrogens (tertiary/aromatic N) is 2. The molecule has 2 aromatic rings. The summed E-state index contributed by atoms with van der Waals surface area (Å²) in [6.07, 6.45) is 0.494. The predicted octanol–water partition coefficient (Wildman–Crippen LogP) is 4.64. The van der Waals surface area contributed by atoms with Crippen LogP contribution in [0.1, 0.15) is 50.5 Å². The van der Waals surface area contributed by atoms with E-state index in [2.05, 4.69) is 12.1 Å². The standard InChI is InChI=1S/C30H42N2O6/c1-21(2)32(28(34)23-12-13-26(36-6)27(17-23)37-15-14-33)20-25-19-31(29(35)38-30(3,4)5)18-24(25)16-22-10-8-7-9-11-22/h7-13,17,21,24-25,33H,14-16,18-20H2,1-6H3. The summed E-state index contributed by atoms with van der Waals surface area (Å²) in [5.74, 6) is 1.05. The van der Waals surface area contributed by atoms with Crippen molar-refractivity contribution in [1.29, 1.82) is 0 Å². The third kappa shape index (κ3) is 7.87. The second-order valence-electron chi connectivity index (χ2n) is 11.1. The van der Waals surface area contributed by atoms with Gasteiger partial charge < -0.3 is 29.1 Å². The maximum Gasteiger partial charge on any atom is 0.410 e. The lowest BCUT2D eigenvalue weighted by Crippen LogP contribution is -2.42. The summed E-state index contributed by atoms with van der Waals surface area (Å²) in [5, 5.41) is 9.17. The number of aliphatic hydroxyl groups is 1. The Morgan fingerprint density at radius 1 is 1.05 bits per heavy atom. The minimum atomic E-state index is -0.575. The summed E-state index contributed by atoms with van der Waals surface area (Å²) >= 11 is 0. The van der Waals surface area contributed by atoms with Crippen LogP contribution in [0, 0.1) is 11.8 Å². The molecule has 1 aliphatic rings. The molecule has 8 nitrogen and oxygen atoms in total. The average Bonchev–Trinajstić information content (AvgIpc) is 3.27. The first kappa shape index (κ1) is 29.3. The number of rotatable bonds is 10. The zero-order chi connectivity index (χ0) is 27.9. The molecule has 0 aromatic heterocycles. The lowest BCUT2D eigenvalue weighted by atomic mass is 9.89. The third-order valence-electron chi connectivity index (χ3n) is 6.64. The van der Waals surface area contributed by atoms with Gasteiger partial charge in [-0.1, -0.05) is 30.3 Å². The van der Waals surface area contributed by atoms with Gasteiger partial charge in [0.15, 0.2) is 11.5 Å². The molecule has 1 saturated heterocycles. The normalized spacial score (nSPS) is 17.4. The third-order valence-corrected chi connectivity index (χ3v) is 6.64. The molecule has 2 unspecified atom stereocenters. The molecule has 1 fully saturated rings. The van der Waals surface area contributed by atoms with Gasteiger partial charge in [0.05, 0.1) is 13.7 Å². The Kier molecular flexibility index (Phi) is 10.0. The molecule has 0 saturated carbocycles. The van der Waals surface area contributed by atoms with Crippen LogP contribution in [-0.4, -0.2) is 78.5 Å². The second-order valence-corrected chi connectivity index (χ2v) is 11.1. The maximum atomic E-state index is 13.7. The summed E-state index contributed by atoms with van der Waals surface area (Å²) in [7, 11) is 1.53. The first-order valence-electron chi connectivity index (χ1n) is 13.3. The number of hydrogen-bond donors (Lipinski definition) is 1. The monoisotopic (exact) mass is 526 g/mol. The van der Waals surface area contributed by atoms with Gasteiger partial charge in [0.2, 0.25) is 0 Å². The fraction of sp³-hybridized carbons (Fsp3) is 0.533. The van der Waals surface area contributed by atoms with Crippen molar-refractivity contribution in [3.05, 3.63) is 59.7 Å². The lowest BCUT2D eigenvalue weighted by Gasteiger charge is -2.31. The summed E-state index contributed by atoms with van der Waals surface area (Å²) in [4.78, 5) is 30.3. The predicted molar refractivity (Wildman–Crippen MR) is 147 cm³/mol. The van der Waals surface area contributed by atoms with Crippen LogP contribution in [0.25, 0.3) is 0 Å². The van der Waals surface area contributed by atoms with Crippen molar-refractivity contribution < 1.29 is 28.9 Å². The highest BCUT2D eigenvalue weighted by Crippen LogP contribution is 2.32. The SMILES string of the molecule is COc1ccc(C(=O)N(CC2CN(C(=O)OC(C)(C)C)CC2Cc2ccccc2)C(C)C)cc1OCCO. The van der Waals surface area contributed by atoms with Crippen LogP contribution in [0.4, 0.5) is 4.79 Å². The van der Waals surface area contributed by atoms with Crippen LogP contribution in [0.5, 0.6) is 11.5 Å². The van der Waals surface area contributed by atoms with Crippen molar-refractivity contribution in [3.8, 4) is 11.5 Å². The number of aliphatic hydroxyl groups excluding tert-OH is 1. The van der Waals surface area contributed by atoms with Crippen molar-refractivity contribution >= 4 is 12.0 Å². The van der Waals surface area contributed by atoms with Crippen LogP contribution in [-0.2, 0) is 11.2 Å². The first-order chi connectivity index (χ1) is 18.0. The Morgan fingerprint density at radius 3 is 2.34 bits per heavy atom.